The second-order valence-corrected chi connectivity index (χ2v) is 8.41. The molecule has 6 nitrogen and oxygen atoms in total. The van der Waals surface area contributed by atoms with Crippen molar-refractivity contribution in [2.45, 2.75) is 71.6 Å². The number of ether oxygens (including phenoxy) is 1. The van der Waals surface area contributed by atoms with Crippen LogP contribution in [0.2, 0.25) is 0 Å². The Morgan fingerprint density at radius 1 is 1.16 bits per heavy atom. The lowest BCUT2D eigenvalue weighted by molar-refractivity contribution is -0.134. The summed E-state index contributed by atoms with van der Waals surface area (Å²) < 4.78 is 5.73. The molecule has 1 unspecified atom stereocenters. The Balaban J connectivity index is 0.00000341. The summed E-state index contributed by atoms with van der Waals surface area (Å²) in [4.78, 5) is 19.6. The van der Waals surface area contributed by atoms with Crippen LogP contribution in [0.3, 0.4) is 0 Å². The molecule has 0 spiro atoms. The van der Waals surface area contributed by atoms with E-state index in [0.717, 1.165) is 57.9 Å². The van der Waals surface area contributed by atoms with E-state index in [0.29, 0.717) is 19.1 Å². The third-order valence-corrected chi connectivity index (χ3v) is 6.02. The van der Waals surface area contributed by atoms with Gasteiger partial charge in [-0.3, -0.25) is 4.79 Å². The molecule has 0 aromatic heterocycles. The minimum Gasteiger partial charge on any atom is -0.377 e. The molecule has 2 fully saturated rings. The summed E-state index contributed by atoms with van der Waals surface area (Å²) in [7, 11) is 0. The van der Waals surface area contributed by atoms with Crippen LogP contribution in [0.1, 0.15) is 63.5 Å². The normalized spacial score (nSPS) is 19.4. The quantitative estimate of drug-likeness (QED) is 0.214. The molecular weight excluding hydrogens is 503 g/mol. The maximum Gasteiger partial charge on any atom is 0.225 e. The van der Waals surface area contributed by atoms with Crippen molar-refractivity contribution in [1.82, 2.24) is 15.5 Å². The summed E-state index contributed by atoms with van der Waals surface area (Å²) in [6.45, 7) is 8.66. The molecule has 174 valence electrons. The molecule has 2 aliphatic rings. The van der Waals surface area contributed by atoms with Crippen LogP contribution in [0.25, 0.3) is 0 Å². The molecular formula is C24H39IN4O2. The standard InChI is InChI=1S/C24H38N4O2.HI/c1-3-15-30-18-21-12-8-7-11-20(21)16-26-24(25-4-2)27-22-13-14-28(17-22)23(29)19-9-5-6-10-19;/h7-8,11-12,19,22H,3-6,9-10,13-18H2,1-2H3,(H2,25,26,27);1H. The number of aliphatic imine (C=N–C) groups is 1. The van der Waals surface area contributed by atoms with Crippen molar-refractivity contribution >= 4 is 35.8 Å². The fourth-order valence-electron chi connectivity index (χ4n) is 4.37. The molecule has 1 aliphatic heterocycles. The summed E-state index contributed by atoms with van der Waals surface area (Å²) in [5.41, 5.74) is 2.38. The largest absolute Gasteiger partial charge is 0.377 e. The first-order chi connectivity index (χ1) is 14.7. The van der Waals surface area contributed by atoms with Gasteiger partial charge in [0, 0.05) is 38.2 Å². The van der Waals surface area contributed by atoms with Crippen LogP contribution in [0, 0.1) is 5.92 Å². The summed E-state index contributed by atoms with van der Waals surface area (Å²) in [5, 5.41) is 6.90. The summed E-state index contributed by atoms with van der Waals surface area (Å²) in [6, 6.07) is 8.60. The fourth-order valence-corrected chi connectivity index (χ4v) is 4.37. The van der Waals surface area contributed by atoms with Crippen LogP contribution in [0.4, 0.5) is 0 Å². The van der Waals surface area contributed by atoms with Gasteiger partial charge < -0.3 is 20.3 Å². The van der Waals surface area contributed by atoms with Crippen molar-refractivity contribution in [1.29, 1.82) is 0 Å². The van der Waals surface area contributed by atoms with E-state index in [-0.39, 0.29) is 35.9 Å². The van der Waals surface area contributed by atoms with E-state index in [1.54, 1.807) is 0 Å². The first kappa shape index (κ1) is 25.9. The maximum atomic E-state index is 12.7. The van der Waals surface area contributed by atoms with Gasteiger partial charge in [0.1, 0.15) is 0 Å². The van der Waals surface area contributed by atoms with Gasteiger partial charge in [0.2, 0.25) is 5.91 Å². The highest BCUT2D eigenvalue weighted by Crippen LogP contribution is 2.27. The Hall–Kier alpha value is -1.35. The van der Waals surface area contributed by atoms with E-state index < -0.39 is 0 Å². The number of likely N-dealkylation sites (tertiary alicyclic amines) is 1. The monoisotopic (exact) mass is 542 g/mol. The summed E-state index contributed by atoms with van der Waals surface area (Å²) >= 11 is 0. The molecule has 1 heterocycles. The Morgan fingerprint density at radius 2 is 1.90 bits per heavy atom. The van der Waals surface area contributed by atoms with E-state index in [2.05, 4.69) is 53.6 Å². The number of hydrogen-bond acceptors (Lipinski definition) is 3. The molecule has 7 heteroatoms. The molecule has 1 aromatic carbocycles. The third-order valence-electron chi connectivity index (χ3n) is 6.02. The number of carbonyl (C=O) groups excluding carboxylic acids is 1. The Kier molecular flexibility index (Phi) is 11.6. The molecule has 2 N–H and O–H groups in total. The zero-order valence-corrected chi connectivity index (χ0v) is 21.4. The highest BCUT2D eigenvalue weighted by Gasteiger charge is 2.32. The predicted molar refractivity (Wildman–Crippen MR) is 137 cm³/mol. The molecule has 1 atom stereocenters. The summed E-state index contributed by atoms with van der Waals surface area (Å²) in [6.07, 6.45) is 6.54. The molecule has 1 saturated carbocycles. The van der Waals surface area contributed by atoms with Gasteiger partial charge in [0.05, 0.1) is 13.2 Å². The minimum absolute atomic E-state index is 0. The van der Waals surface area contributed by atoms with Crippen LogP contribution in [0.5, 0.6) is 0 Å². The average molecular weight is 543 g/mol. The van der Waals surface area contributed by atoms with Crippen LogP contribution in [-0.4, -0.2) is 49.0 Å². The zero-order chi connectivity index (χ0) is 21.2. The molecule has 0 radical (unpaired) electrons. The topological polar surface area (TPSA) is 66.0 Å². The van der Waals surface area contributed by atoms with Crippen molar-refractivity contribution in [3.05, 3.63) is 35.4 Å². The average Bonchev–Trinajstić information content (AvgIpc) is 3.45. The second kappa shape index (κ2) is 13.9. The van der Waals surface area contributed by atoms with E-state index in [1.807, 2.05) is 0 Å². The molecule has 1 aliphatic carbocycles. The number of rotatable bonds is 9. The molecule has 0 bridgehead atoms. The second-order valence-electron chi connectivity index (χ2n) is 8.41. The van der Waals surface area contributed by atoms with Gasteiger partial charge in [-0.25, -0.2) is 4.99 Å². The molecule has 1 saturated heterocycles. The van der Waals surface area contributed by atoms with Gasteiger partial charge in [-0.05, 0) is 43.7 Å². The summed E-state index contributed by atoms with van der Waals surface area (Å²) in [5.74, 6) is 1.44. The highest BCUT2D eigenvalue weighted by atomic mass is 127. The fraction of sp³-hybridized carbons (Fsp3) is 0.667. The SMILES string of the molecule is CCCOCc1ccccc1CN=C(NCC)NC1CCN(C(=O)C2CCCC2)C1.I. The first-order valence-corrected chi connectivity index (χ1v) is 11.7. The molecule has 1 aromatic rings. The van der Waals surface area contributed by atoms with Gasteiger partial charge >= 0.3 is 0 Å². The van der Waals surface area contributed by atoms with Crippen LogP contribution in [-0.2, 0) is 22.7 Å². The Morgan fingerprint density at radius 3 is 2.61 bits per heavy atom. The molecule has 3 rings (SSSR count). The number of benzene rings is 1. The number of hydrogen-bond donors (Lipinski definition) is 2. The van der Waals surface area contributed by atoms with Crippen molar-refractivity contribution < 1.29 is 9.53 Å². The number of halogens is 1. The molecule has 31 heavy (non-hydrogen) atoms. The van der Waals surface area contributed by atoms with Crippen molar-refractivity contribution in [3.63, 3.8) is 0 Å². The maximum absolute atomic E-state index is 12.7. The van der Waals surface area contributed by atoms with E-state index in [9.17, 15) is 4.79 Å². The van der Waals surface area contributed by atoms with Gasteiger partial charge in [0.25, 0.3) is 0 Å². The smallest absolute Gasteiger partial charge is 0.225 e. The lowest BCUT2D eigenvalue weighted by atomic mass is 10.1. The van der Waals surface area contributed by atoms with Crippen LogP contribution in [0.15, 0.2) is 29.3 Å². The van der Waals surface area contributed by atoms with Crippen molar-refractivity contribution in [2.75, 3.05) is 26.2 Å². The zero-order valence-electron chi connectivity index (χ0n) is 19.1. The number of amides is 1. The van der Waals surface area contributed by atoms with Crippen LogP contribution < -0.4 is 10.6 Å². The van der Waals surface area contributed by atoms with E-state index >= 15 is 0 Å². The third kappa shape index (κ3) is 7.93. The number of nitrogens with zero attached hydrogens (tertiary/aromatic N) is 2. The van der Waals surface area contributed by atoms with Crippen LogP contribution >= 0.6 is 24.0 Å². The van der Waals surface area contributed by atoms with E-state index in [1.165, 1.54) is 24.0 Å². The van der Waals surface area contributed by atoms with Gasteiger partial charge in [-0.2, -0.15) is 0 Å². The highest BCUT2D eigenvalue weighted by molar-refractivity contribution is 14.0. The van der Waals surface area contributed by atoms with Crippen molar-refractivity contribution in [2.24, 2.45) is 10.9 Å². The molecule has 1 amide bonds. The van der Waals surface area contributed by atoms with E-state index in [4.69, 9.17) is 9.73 Å². The Bertz CT molecular complexity index is 707. The lowest BCUT2D eigenvalue weighted by Gasteiger charge is -2.21. The number of guanidine groups is 1. The first-order valence-electron chi connectivity index (χ1n) is 11.7. The minimum atomic E-state index is 0. The predicted octanol–water partition coefficient (Wildman–Crippen LogP) is 4.08. The number of carbonyl (C=O) groups is 1. The number of nitrogens with one attached hydrogen (secondary N) is 2. The van der Waals surface area contributed by atoms with Gasteiger partial charge in [-0.1, -0.05) is 44.0 Å². The van der Waals surface area contributed by atoms with Crippen molar-refractivity contribution in [3.8, 4) is 0 Å². The van der Waals surface area contributed by atoms with Gasteiger partial charge in [-0.15, -0.1) is 24.0 Å². The lowest BCUT2D eigenvalue weighted by Crippen LogP contribution is -2.45. The van der Waals surface area contributed by atoms with Gasteiger partial charge in [0.15, 0.2) is 5.96 Å². The Labute approximate surface area is 204 Å².